The lowest BCUT2D eigenvalue weighted by Crippen LogP contribution is -2.53. The average molecular weight is 271 g/mol. The van der Waals surface area contributed by atoms with Gasteiger partial charge < -0.3 is 10.4 Å². The molecular weight excluding hydrogens is 250 g/mol. The van der Waals surface area contributed by atoms with Crippen LogP contribution < -0.4 is 5.32 Å². The van der Waals surface area contributed by atoms with E-state index in [1.54, 1.807) is 0 Å². The summed E-state index contributed by atoms with van der Waals surface area (Å²) < 4.78 is 0. The highest BCUT2D eigenvalue weighted by atomic mass is 16.3. The van der Waals surface area contributed by atoms with Gasteiger partial charge in [-0.3, -0.25) is 4.79 Å². The summed E-state index contributed by atoms with van der Waals surface area (Å²) in [6.45, 7) is 2.19. The van der Waals surface area contributed by atoms with Gasteiger partial charge in [-0.15, -0.1) is 0 Å². The second-order valence-electron chi connectivity index (χ2n) is 5.69. The zero-order valence-electron chi connectivity index (χ0n) is 11.9. The Morgan fingerprint density at radius 1 is 1.35 bits per heavy atom. The van der Waals surface area contributed by atoms with Gasteiger partial charge in [-0.2, -0.15) is 0 Å². The molecule has 0 spiro atoms. The maximum Gasteiger partial charge on any atom is 0.296 e. The van der Waals surface area contributed by atoms with Crippen molar-refractivity contribution in [2.75, 3.05) is 6.61 Å². The van der Waals surface area contributed by atoms with E-state index in [9.17, 15) is 9.90 Å². The SMILES string of the molecule is CC1CCC(CO)(NC(=O)C#Cc2ccccc2)CC1. The molecule has 2 rings (SSSR count). The van der Waals surface area contributed by atoms with E-state index in [-0.39, 0.29) is 12.5 Å². The van der Waals surface area contributed by atoms with Crippen molar-refractivity contribution in [2.45, 2.75) is 38.1 Å². The zero-order valence-corrected chi connectivity index (χ0v) is 11.9. The standard InChI is InChI=1S/C17H21NO2/c1-14-9-11-17(13-19,12-10-14)18-16(20)8-7-15-5-3-2-4-6-15/h2-6,14,19H,9-13H2,1H3,(H,18,20). The molecule has 1 aromatic carbocycles. The molecule has 0 atom stereocenters. The average Bonchev–Trinajstić information content (AvgIpc) is 2.49. The van der Waals surface area contributed by atoms with E-state index in [0.29, 0.717) is 5.92 Å². The summed E-state index contributed by atoms with van der Waals surface area (Å²) in [7, 11) is 0. The van der Waals surface area contributed by atoms with Crippen LogP contribution in [-0.4, -0.2) is 23.2 Å². The Bertz CT molecular complexity index is 505. The number of benzene rings is 1. The van der Waals surface area contributed by atoms with E-state index < -0.39 is 5.54 Å². The number of nitrogens with one attached hydrogen (secondary N) is 1. The van der Waals surface area contributed by atoms with E-state index in [1.165, 1.54) is 0 Å². The molecule has 0 heterocycles. The first-order valence-corrected chi connectivity index (χ1v) is 7.14. The molecule has 1 aliphatic rings. The van der Waals surface area contributed by atoms with Gasteiger partial charge in [-0.1, -0.05) is 31.0 Å². The summed E-state index contributed by atoms with van der Waals surface area (Å²) in [6, 6.07) is 9.42. The fourth-order valence-corrected chi connectivity index (χ4v) is 2.56. The maximum absolute atomic E-state index is 11.9. The molecule has 1 aromatic rings. The predicted octanol–water partition coefficient (Wildman–Crippen LogP) is 2.10. The summed E-state index contributed by atoms with van der Waals surface area (Å²) in [5.41, 5.74) is 0.340. The van der Waals surface area contributed by atoms with Crippen LogP contribution >= 0.6 is 0 Å². The van der Waals surface area contributed by atoms with Crippen LogP contribution in [0, 0.1) is 17.8 Å². The minimum atomic E-state index is -0.477. The van der Waals surface area contributed by atoms with E-state index >= 15 is 0 Å². The molecule has 0 radical (unpaired) electrons. The van der Waals surface area contributed by atoms with E-state index in [2.05, 4.69) is 24.1 Å². The molecule has 1 aliphatic carbocycles. The Labute approximate surface area is 120 Å². The normalized spacial score (nSPS) is 25.4. The highest BCUT2D eigenvalue weighted by Crippen LogP contribution is 2.31. The van der Waals surface area contributed by atoms with Gasteiger partial charge in [0.05, 0.1) is 12.1 Å². The number of carbonyl (C=O) groups is 1. The molecule has 0 aliphatic heterocycles. The minimum absolute atomic E-state index is 0.0154. The van der Waals surface area contributed by atoms with Crippen LogP contribution in [-0.2, 0) is 4.79 Å². The quantitative estimate of drug-likeness (QED) is 0.809. The first-order chi connectivity index (χ1) is 9.63. The van der Waals surface area contributed by atoms with Crippen molar-refractivity contribution in [1.82, 2.24) is 5.32 Å². The smallest absolute Gasteiger partial charge is 0.296 e. The fraction of sp³-hybridized carbons (Fsp3) is 0.471. The summed E-state index contributed by atoms with van der Waals surface area (Å²) in [5, 5.41) is 12.5. The molecule has 0 bridgehead atoms. The van der Waals surface area contributed by atoms with Crippen molar-refractivity contribution in [2.24, 2.45) is 5.92 Å². The van der Waals surface area contributed by atoms with Crippen molar-refractivity contribution in [1.29, 1.82) is 0 Å². The monoisotopic (exact) mass is 271 g/mol. The Kier molecular flexibility index (Phi) is 4.81. The third-order valence-electron chi connectivity index (χ3n) is 4.01. The molecule has 106 valence electrons. The van der Waals surface area contributed by atoms with Gasteiger partial charge in [0.2, 0.25) is 0 Å². The van der Waals surface area contributed by atoms with E-state index in [0.717, 1.165) is 31.2 Å². The number of amides is 1. The fourth-order valence-electron chi connectivity index (χ4n) is 2.56. The van der Waals surface area contributed by atoms with Crippen LogP contribution in [0.15, 0.2) is 30.3 Å². The summed E-state index contributed by atoms with van der Waals surface area (Å²) in [6.07, 6.45) is 3.72. The maximum atomic E-state index is 11.9. The Morgan fingerprint density at radius 3 is 2.60 bits per heavy atom. The lowest BCUT2D eigenvalue weighted by Gasteiger charge is -2.38. The van der Waals surface area contributed by atoms with Crippen LogP contribution in [0.4, 0.5) is 0 Å². The van der Waals surface area contributed by atoms with Crippen LogP contribution in [0.25, 0.3) is 0 Å². The van der Waals surface area contributed by atoms with Crippen LogP contribution in [0.5, 0.6) is 0 Å². The first-order valence-electron chi connectivity index (χ1n) is 7.14. The van der Waals surface area contributed by atoms with Crippen molar-refractivity contribution in [3.05, 3.63) is 35.9 Å². The number of rotatable bonds is 2. The van der Waals surface area contributed by atoms with Crippen molar-refractivity contribution in [3.8, 4) is 11.8 Å². The predicted molar refractivity (Wildman–Crippen MR) is 78.9 cm³/mol. The Balaban J connectivity index is 1.98. The number of aliphatic hydroxyl groups is 1. The highest BCUT2D eigenvalue weighted by molar-refractivity contribution is 5.94. The number of aliphatic hydroxyl groups excluding tert-OH is 1. The molecule has 0 saturated heterocycles. The molecule has 3 heteroatoms. The van der Waals surface area contributed by atoms with Gasteiger partial charge in [0.1, 0.15) is 0 Å². The molecule has 1 fully saturated rings. The summed E-state index contributed by atoms with van der Waals surface area (Å²) in [4.78, 5) is 11.9. The molecule has 2 N–H and O–H groups in total. The lowest BCUT2D eigenvalue weighted by atomic mass is 9.77. The number of hydrogen-bond acceptors (Lipinski definition) is 2. The summed E-state index contributed by atoms with van der Waals surface area (Å²) >= 11 is 0. The van der Waals surface area contributed by atoms with Gasteiger partial charge in [0.15, 0.2) is 0 Å². The number of hydrogen-bond donors (Lipinski definition) is 2. The molecule has 1 amide bonds. The Morgan fingerprint density at radius 2 is 2.00 bits per heavy atom. The summed E-state index contributed by atoms with van der Waals surface area (Å²) in [5.74, 6) is 5.81. The van der Waals surface area contributed by atoms with Crippen LogP contribution in [0.3, 0.4) is 0 Å². The van der Waals surface area contributed by atoms with Gasteiger partial charge in [0.25, 0.3) is 5.91 Å². The van der Waals surface area contributed by atoms with Crippen molar-refractivity contribution < 1.29 is 9.90 Å². The van der Waals surface area contributed by atoms with Crippen molar-refractivity contribution in [3.63, 3.8) is 0 Å². The molecule has 3 nitrogen and oxygen atoms in total. The second kappa shape index (κ2) is 6.58. The van der Waals surface area contributed by atoms with E-state index in [4.69, 9.17) is 0 Å². The van der Waals surface area contributed by atoms with Gasteiger partial charge in [-0.05, 0) is 43.7 Å². The molecular formula is C17H21NO2. The Hall–Kier alpha value is -1.79. The van der Waals surface area contributed by atoms with Crippen molar-refractivity contribution >= 4 is 5.91 Å². The topological polar surface area (TPSA) is 49.3 Å². The highest BCUT2D eigenvalue weighted by Gasteiger charge is 2.34. The third kappa shape index (κ3) is 3.85. The van der Waals surface area contributed by atoms with Crippen LogP contribution in [0.1, 0.15) is 38.2 Å². The zero-order chi connectivity index (χ0) is 14.4. The molecule has 20 heavy (non-hydrogen) atoms. The number of carbonyl (C=O) groups excluding carboxylic acids is 1. The molecule has 0 unspecified atom stereocenters. The van der Waals surface area contributed by atoms with Gasteiger partial charge in [-0.25, -0.2) is 0 Å². The molecule has 0 aromatic heterocycles. The van der Waals surface area contributed by atoms with Crippen LogP contribution in [0.2, 0.25) is 0 Å². The minimum Gasteiger partial charge on any atom is -0.394 e. The van der Waals surface area contributed by atoms with E-state index in [1.807, 2.05) is 30.3 Å². The first kappa shape index (κ1) is 14.6. The van der Waals surface area contributed by atoms with Gasteiger partial charge >= 0.3 is 0 Å². The van der Waals surface area contributed by atoms with Gasteiger partial charge in [0, 0.05) is 11.5 Å². The molecule has 1 saturated carbocycles. The largest absolute Gasteiger partial charge is 0.394 e. The third-order valence-corrected chi connectivity index (χ3v) is 4.01. The lowest BCUT2D eigenvalue weighted by molar-refractivity contribution is -0.118. The second-order valence-corrected chi connectivity index (χ2v) is 5.69.